The van der Waals surface area contributed by atoms with Crippen LogP contribution in [0.15, 0.2) is 0 Å². The lowest BCUT2D eigenvalue weighted by atomic mass is 9.99. The zero-order valence-electron chi connectivity index (χ0n) is 10.7. The Balaban J connectivity index is 1.65. The predicted molar refractivity (Wildman–Crippen MR) is 66.7 cm³/mol. The lowest BCUT2D eigenvalue weighted by Crippen LogP contribution is -2.33. The smallest absolute Gasteiger partial charge is 0.220 e. The molecule has 0 spiro atoms. The minimum atomic E-state index is 0.209. The normalized spacial score (nSPS) is 32.9. The zero-order chi connectivity index (χ0) is 12.1. The maximum absolute atomic E-state index is 11.8. The Kier molecular flexibility index (Phi) is 4.80. The SMILES string of the molecule is CCC1OCCC1CNC(=O)CC1CCNC1. The number of carbonyl (C=O) groups is 1. The second-order valence-corrected chi connectivity index (χ2v) is 5.23. The number of carbonyl (C=O) groups excluding carboxylic acids is 1. The van der Waals surface area contributed by atoms with Crippen molar-refractivity contribution in [1.82, 2.24) is 10.6 Å². The minimum Gasteiger partial charge on any atom is -0.378 e. The van der Waals surface area contributed by atoms with Crippen molar-refractivity contribution in [1.29, 1.82) is 0 Å². The van der Waals surface area contributed by atoms with E-state index in [1.54, 1.807) is 0 Å². The van der Waals surface area contributed by atoms with Crippen LogP contribution < -0.4 is 10.6 Å². The highest BCUT2D eigenvalue weighted by molar-refractivity contribution is 5.76. The Bertz CT molecular complexity index is 252. The van der Waals surface area contributed by atoms with Crippen LogP contribution in [0, 0.1) is 11.8 Å². The van der Waals surface area contributed by atoms with E-state index >= 15 is 0 Å². The molecule has 0 radical (unpaired) electrons. The summed E-state index contributed by atoms with van der Waals surface area (Å²) in [5.74, 6) is 1.27. The minimum absolute atomic E-state index is 0.209. The molecule has 0 aromatic carbocycles. The van der Waals surface area contributed by atoms with Crippen LogP contribution in [0.1, 0.15) is 32.6 Å². The lowest BCUT2D eigenvalue weighted by molar-refractivity contribution is -0.122. The molecule has 2 aliphatic heterocycles. The summed E-state index contributed by atoms with van der Waals surface area (Å²) in [6.45, 7) is 5.85. The topological polar surface area (TPSA) is 50.4 Å². The maximum atomic E-state index is 11.8. The molecule has 0 aromatic heterocycles. The highest BCUT2D eigenvalue weighted by atomic mass is 16.5. The Morgan fingerprint density at radius 2 is 2.35 bits per heavy atom. The van der Waals surface area contributed by atoms with Crippen LogP contribution in [0.2, 0.25) is 0 Å². The summed E-state index contributed by atoms with van der Waals surface area (Å²) in [7, 11) is 0. The van der Waals surface area contributed by atoms with Gasteiger partial charge in [-0.05, 0) is 38.3 Å². The number of hydrogen-bond donors (Lipinski definition) is 2. The molecular weight excluding hydrogens is 216 g/mol. The van der Waals surface area contributed by atoms with E-state index in [9.17, 15) is 4.79 Å². The molecule has 0 aromatic rings. The van der Waals surface area contributed by atoms with Crippen LogP contribution >= 0.6 is 0 Å². The monoisotopic (exact) mass is 240 g/mol. The molecule has 2 saturated heterocycles. The molecule has 2 rings (SSSR count). The molecule has 3 unspecified atom stereocenters. The summed E-state index contributed by atoms with van der Waals surface area (Å²) < 4.78 is 5.62. The third-order valence-corrected chi connectivity index (χ3v) is 3.95. The van der Waals surface area contributed by atoms with Gasteiger partial charge in [-0.3, -0.25) is 4.79 Å². The van der Waals surface area contributed by atoms with E-state index < -0.39 is 0 Å². The third-order valence-electron chi connectivity index (χ3n) is 3.95. The largest absolute Gasteiger partial charge is 0.378 e. The molecule has 2 N–H and O–H groups in total. The van der Waals surface area contributed by atoms with Crippen LogP contribution in [0.3, 0.4) is 0 Å². The molecule has 3 atom stereocenters. The van der Waals surface area contributed by atoms with Crippen molar-refractivity contribution >= 4 is 5.91 Å². The van der Waals surface area contributed by atoms with Gasteiger partial charge in [0.1, 0.15) is 0 Å². The fourth-order valence-electron chi connectivity index (χ4n) is 2.85. The number of ether oxygens (including phenoxy) is 1. The van der Waals surface area contributed by atoms with Crippen LogP contribution in [0.4, 0.5) is 0 Å². The second kappa shape index (κ2) is 6.36. The van der Waals surface area contributed by atoms with Crippen molar-refractivity contribution in [3.63, 3.8) is 0 Å². The van der Waals surface area contributed by atoms with Gasteiger partial charge < -0.3 is 15.4 Å². The summed E-state index contributed by atoms with van der Waals surface area (Å²) in [6, 6.07) is 0. The molecule has 0 saturated carbocycles. The first-order valence-corrected chi connectivity index (χ1v) is 6.88. The third kappa shape index (κ3) is 3.68. The van der Waals surface area contributed by atoms with Crippen LogP contribution in [-0.4, -0.2) is 38.3 Å². The molecule has 2 aliphatic rings. The van der Waals surface area contributed by atoms with Gasteiger partial charge in [0, 0.05) is 25.5 Å². The van der Waals surface area contributed by atoms with Gasteiger partial charge in [0.25, 0.3) is 0 Å². The summed E-state index contributed by atoms with van der Waals surface area (Å²) in [5, 5.41) is 6.36. The fraction of sp³-hybridized carbons (Fsp3) is 0.923. The van der Waals surface area contributed by atoms with Crippen molar-refractivity contribution in [3.8, 4) is 0 Å². The summed E-state index contributed by atoms with van der Waals surface area (Å²) in [6.07, 6.45) is 4.30. The average Bonchev–Trinajstić information content (AvgIpc) is 2.96. The van der Waals surface area contributed by atoms with Crippen LogP contribution in [0.5, 0.6) is 0 Å². The molecule has 0 bridgehead atoms. The lowest BCUT2D eigenvalue weighted by Gasteiger charge is -2.17. The van der Waals surface area contributed by atoms with Gasteiger partial charge in [-0.2, -0.15) is 0 Å². The van der Waals surface area contributed by atoms with Gasteiger partial charge >= 0.3 is 0 Å². The Morgan fingerprint density at radius 3 is 3.06 bits per heavy atom. The van der Waals surface area contributed by atoms with Gasteiger partial charge in [-0.25, -0.2) is 0 Å². The van der Waals surface area contributed by atoms with Gasteiger partial charge in [0.2, 0.25) is 5.91 Å². The van der Waals surface area contributed by atoms with Gasteiger partial charge in [0.15, 0.2) is 0 Å². The molecule has 98 valence electrons. The van der Waals surface area contributed by atoms with E-state index in [4.69, 9.17) is 4.74 Å². The average molecular weight is 240 g/mol. The van der Waals surface area contributed by atoms with E-state index in [1.807, 2.05) is 0 Å². The first-order chi connectivity index (χ1) is 8.29. The summed E-state index contributed by atoms with van der Waals surface area (Å²) in [5.41, 5.74) is 0. The fourth-order valence-corrected chi connectivity index (χ4v) is 2.85. The molecule has 0 aliphatic carbocycles. The van der Waals surface area contributed by atoms with E-state index in [2.05, 4.69) is 17.6 Å². The van der Waals surface area contributed by atoms with Crippen molar-refractivity contribution in [3.05, 3.63) is 0 Å². The molecule has 17 heavy (non-hydrogen) atoms. The Hall–Kier alpha value is -0.610. The number of hydrogen-bond acceptors (Lipinski definition) is 3. The number of nitrogens with one attached hydrogen (secondary N) is 2. The van der Waals surface area contributed by atoms with E-state index in [0.717, 1.165) is 45.5 Å². The van der Waals surface area contributed by atoms with E-state index in [-0.39, 0.29) is 5.91 Å². The van der Waals surface area contributed by atoms with Gasteiger partial charge in [-0.1, -0.05) is 6.92 Å². The summed E-state index contributed by atoms with van der Waals surface area (Å²) >= 11 is 0. The van der Waals surface area contributed by atoms with Crippen molar-refractivity contribution in [2.75, 3.05) is 26.2 Å². The quantitative estimate of drug-likeness (QED) is 0.751. The van der Waals surface area contributed by atoms with Crippen LogP contribution in [0.25, 0.3) is 0 Å². The van der Waals surface area contributed by atoms with Crippen molar-refractivity contribution < 1.29 is 9.53 Å². The van der Waals surface area contributed by atoms with Gasteiger partial charge in [0.05, 0.1) is 6.10 Å². The maximum Gasteiger partial charge on any atom is 0.220 e. The van der Waals surface area contributed by atoms with Crippen LogP contribution in [-0.2, 0) is 9.53 Å². The van der Waals surface area contributed by atoms with Crippen molar-refractivity contribution in [2.24, 2.45) is 11.8 Å². The zero-order valence-corrected chi connectivity index (χ0v) is 10.7. The molecular formula is C13H24N2O2. The first kappa shape index (κ1) is 12.8. The number of rotatable bonds is 5. The first-order valence-electron chi connectivity index (χ1n) is 6.88. The predicted octanol–water partition coefficient (Wildman–Crippen LogP) is 0.917. The highest BCUT2D eigenvalue weighted by Gasteiger charge is 2.27. The highest BCUT2D eigenvalue weighted by Crippen LogP contribution is 2.22. The molecule has 4 heteroatoms. The molecule has 4 nitrogen and oxygen atoms in total. The van der Waals surface area contributed by atoms with Gasteiger partial charge in [-0.15, -0.1) is 0 Å². The molecule has 2 fully saturated rings. The Labute approximate surface area is 103 Å². The van der Waals surface area contributed by atoms with E-state index in [1.165, 1.54) is 0 Å². The molecule has 2 heterocycles. The number of amides is 1. The molecule has 1 amide bonds. The van der Waals surface area contributed by atoms with Crippen molar-refractivity contribution in [2.45, 2.75) is 38.7 Å². The summed E-state index contributed by atoms with van der Waals surface area (Å²) in [4.78, 5) is 11.8. The standard InChI is InChI=1S/C13H24N2O2/c1-2-12-11(4-6-17-12)9-15-13(16)7-10-3-5-14-8-10/h10-12,14H,2-9H2,1H3,(H,15,16). The second-order valence-electron chi connectivity index (χ2n) is 5.23. The van der Waals surface area contributed by atoms with E-state index in [0.29, 0.717) is 24.4 Å². The Morgan fingerprint density at radius 1 is 1.47 bits per heavy atom.